The van der Waals surface area contributed by atoms with Crippen molar-refractivity contribution in [1.82, 2.24) is 0 Å². The molecule has 0 spiro atoms. The van der Waals surface area contributed by atoms with Crippen molar-refractivity contribution in [2.75, 3.05) is 0 Å². The fourth-order valence-corrected chi connectivity index (χ4v) is 2.43. The normalized spacial score (nSPS) is 44.7. The largest absolute Gasteiger partial charge is 0.400 e. The maximum atomic E-state index is 13.4. The van der Waals surface area contributed by atoms with Crippen molar-refractivity contribution < 1.29 is 22.0 Å². The van der Waals surface area contributed by atoms with Crippen LogP contribution in [-0.4, -0.2) is 12.1 Å². The molecule has 2 aliphatic rings. The Kier molecular flexibility index (Phi) is 1.64. The summed E-state index contributed by atoms with van der Waals surface area (Å²) in [5.74, 6) is -5.97. The predicted octanol–water partition coefficient (Wildman–Crippen LogP) is 3.40. The maximum absolute atomic E-state index is 13.4. The summed E-state index contributed by atoms with van der Waals surface area (Å²) in [7, 11) is 0. The van der Waals surface area contributed by atoms with Crippen LogP contribution in [0.25, 0.3) is 0 Å². The first-order valence-corrected chi connectivity index (χ1v) is 4.34. The van der Waals surface area contributed by atoms with Gasteiger partial charge in [-0.1, -0.05) is 12.2 Å². The second-order valence-electron chi connectivity index (χ2n) is 4.16. The summed E-state index contributed by atoms with van der Waals surface area (Å²) in [6.45, 7) is 0.626. The summed E-state index contributed by atoms with van der Waals surface area (Å²) >= 11 is 0. The Morgan fingerprint density at radius 2 is 1.64 bits per heavy atom. The third-order valence-electron chi connectivity index (χ3n) is 3.57. The summed E-state index contributed by atoms with van der Waals surface area (Å²) in [4.78, 5) is 0. The van der Waals surface area contributed by atoms with Crippen molar-refractivity contribution in [2.45, 2.75) is 25.4 Å². The second-order valence-corrected chi connectivity index (χ2v) is 4.16. The lowest BCUT2D eigenvalue weighted by atomic mass is 9.74. The summed E-state index contributed by atoms with van der Waals surface area (Å²) in [6, 6.07) is 0. The molecule has 0 N–H and O–H groups in total. The molecule has 0 aromatic rings. The van der Waals surface area contributed by atoms with Crippen LogP contribution in [0, 0.1) is 17.3 Å². The second kappa shape index (κ2) is 2.31. The fourth-order valence-electron chi connectivity index (χ4n) is 2.43. The molecular weight excluding hydrogens is 203 g/mol. The monoisotopic (exact) mass is 212 g/mol. The zero-order chi connectivity index (χ0) is 10.8. The lowest BCUT2D eigenvalue weighted by Crippen LogP contribution is -2.52. The molecule has 0 aromatic carbocycles. The van der Waals surface area contributed by atoms with Crippen LogP contribution in [0.1, 0.15) is 13.3 Å². The zero-order valence-electron chi connectivity index (χ0n) is 7.41. The van der Waals surface area contributed by atoms with Crippen molar-refractivity contribution in [2.24, 2.45) is 17.3 Å². The standard InChI is InChI=1S/C9H9F5/c1-7(9(12,13)14)5-2-3-6(4-5)8(7,10)11/h2-3,5-6H,4H2,1H3. The molecule has 2 aliphatic carbocycles. The van der Waals surface area contributed by atoms with Gasteiger partial charge in [-0.05, 0) is 19.3 Å². The quantitative estimate of drug-likeness (QED) is 0.426. The topological polar surface area (TPSA) is 0 Å². The van der Waals surface area contributed by atoms with Crippen LogP contribution >= 0.6 is 0 Å². The van der Waals surface area contributed by atoms with Crippen LogP contribution in [0.4, 0.5) is 22.0 Å². The molecule has 14 heavy (non-hydrogen) atoms. The van der Waals surface area contributed by atoms with E-state index in [1.165, 1.54) is 12.2 Å². The molecule has 0 radical (unpaired) electrons. The number of rotatable bonds is 0. The molecule has 0 saturated heterocycles. The fraction of sp³-hybridized carbons (Fsp3) is 0.778. The molecule has 5 heteroatoms. The van der Waals surface area contributed by atoms with Gasteiger partial charge in [0.05, 0.1) is 0 Å². The van der Waals surface area contributed by atoms with Crippen molar-refractivity contribution in [3.8, 4) is 0 Å². The number of fused-ring (bicyclic) bond motifs is 2. The van der Waals surface area contributed by atoms with Gasteiger partial charge in [0.1, 0.15) is 5.41 Å². The number of hydrogen-bond donors (Lipinski definition) is 0. The molecule has 80 valence electrons. The first-order valence-electron chi connectivity index (χ1n) is 4.34. The number of hydrogen-bond acceptors (Lipinski definition) is 0. The highest BCUT2D eigenvalue weighted by molar-refractivity contribution is 5.24. The maximum Gasteiger partial charge on any atom is 0.400 e. The van der Waals surface area contributed by atoms with E-state index in [0.29, 0.717) is 6.92 Å². The van der Waals surface area contributed by atoms with Gasteiger partial charge in [0.25, 0.3) is 5.92 Å². The van der Waals surface area contributed by atoms with Crippen molar-refractivity contribution in [3.63, 3.8) is 0 Å². The van der Waals surface area contributed by atoms with Crippen LogP contribution in [0.15, 0.2) is 12.2 Å². The van der Waals surface area contributed by atoms with Crippen molar-refractivity contribution >= 4 is 0 Å². The Labute approximate surface area is 77.8 Å². The highest BCUT2D eigenvalue weighted by Gasteiger charge is 2.76. The van der Waals surface area contributed by atoms with Gasteiger partial charge in [0.15, 0.2) is 0 Å². The molecule has 1 saturated carbocycles. The van der Waals surface area contributed by atoms with E-state index in [-0.39, 0.29) is 6.42 Å². The molecule has 3 unspecified atom stereocenters. The Morgan fingerprint density at radius 1 is 1.14 bits per heavy atom. The number of alkyl halides is 5. The van der Waals surface area contributed by atoms with E-state index in [2.05, 4.69) is 0 Å². The molecule has 1 fully saturated rings. The zero-order valence-corrected chi connectivity index (χ0v) is 7.41. The van der Waals surface area contributed by atoms with Gasteiger partial charge < -0.3 is 0 Å². The van der Waals surface area contributed by atoms with E-state index in [1.54, 1.807) is 0 Å². The molecule has 0 nitrogen and oxygen atoms in total. The van der Waals surface area contributed by atoms with Gasteiger partial charge in [-0.3, -0.25) is 0 Å². The van der Waals surface area contributed by atoms with Gasteiger partial charge in [-0.15, -0.1) is 0 Å². The van der Waals surface area contributed by atoms with Crippen molar-refractivity contribution in [1.29, 1.82) is 0 Å². The summed E-state index contributed by atoms with van der Waals surface area (Å²) in [6.07, 6.45) is -2.45. The third kappa shape index (κ3) is 0.834. The lowest BCUT2D eigenvalue weighted by Gasteiger charge is -2.39. The average molecular weight is 212 g/mol. The van der Waals surface area contributed by atoms with Crippen LogP contribution in [0.5, 0.6) is 0 Å². The van der Waals surface area contributed by atoms with Crippen LogP contribution in [0.3, 0.4) is 0 Å². The Morgan fingerprint density at radius 3 is 1.93 bits per heavy atom. The van der Waals surface area contributed by atoms with E-state index >= 15 is 0 Å². The minimum Gasteiger partial charge on any atom is -0.205 e. The number of allylic oxidation sites excluding steroid dienone is 2. The van der Waals surface area contributed by atoms with E-state index in [4.69, 9.17) is 0 Å². The lowest BCUT2D eigenvalue weighted by molar-refractivity contribution is -0.296. The summed E-state index contributed by atoms with van der Waals surface area (Å²) < 4.78 is 64.6. The van der Waals surface area contributed by atoms with E-state index < -0.39 is 29.3 Å². The smallest absolute Gasteiger partial charge is 0.205 e. The number of halogens is 5. The minimum absolute atomic E-state index is 0.0803. The highest BCUT2D eigenvalue weighted by atomic mass is 19.4. The molecule has 3 atom stereocenters. The van der Waals surface area contributed by atoms with Gasteiger partial charge in [-0.2, -0.15) is 13.2 Å². The van der Waals surface area contributed by atoms with E-state index in [1.807, 2.05) is 0 Å². The SMILES string of the molecule is CC1(C(F)(F)F)C2C=CC(C2)C1(F)F. The van der Waals surface area contributed by atoms with Crippen LogP contribution in [0.2, 0.25) is 0 Å². The minimum atomic E-state index is -4.85. The Bertz CT molecular complexity index is 290. The first kappa shape index (κ1) is 9.93. The molecule has 2 rings (SSSR count). The van der Waals surface area contributed by atoms with Gasteiger partial charge in [-0.25, -0.2) is 8.78 Å². The highest BCUT2D eigenvalue weighted by Crippen LogP contribution is 2.66. The molecule has 2 bridgehead atoms. The summed E-state index contributed by atoms with van der Waals surface area (Å²) in [5.41, 5.74) is -2.88. The molecule has 0 aliphatic heterocycles. The van der Waals surface area contributed by atoms with Gasteiger partial charge in [0.2, 0.25) is 0 Å². The van der Waals surface area contributed by atoms with Crippen LogP contribution in [-0.2, 0) is 0 Å². The predicted molar refractivity (Wildman–Crippen MR) is 39.8 cm³/mol. The van der Waals surface area contributed by atoms with Crippen molar-refractivity contribution in [3.05, 3.63) is 12.2 Å². The molecule has 0 aromatic heterocycles. The average Bonchev–Trinajstić information content (AvgIpc) is 2.52. The van der Waals surface area contributed by atoms with Gasteiger partial charge in [0, 0.05) is 5.92 Å². The Balaban J connectivity index is 2.50. The molecule has 0 amide bonds. The molecular formula is C9H9F5. The molecule has 0 heterocycles. The Hall–Kier alpha value is -0.610. The summed E-state index contributed by atoms with van der Waals surface area (Å²) in [5, 5.41) is 0. The van der Waals surface area contributed by atoms with E-state index in [9.17, 15) is 22.0 Å². The third-order valence-corrected chi connectivity index (χ3v) is 3.57. The van der Waals surface area contributed by atoms with Gasteiger partial charge >= 0.3 is 6.18 Å². The first-order chi connectivity index (χ1) is 6.21. The van der Waals surface area contributed by atoms with Crippen LogP contribution < -0.4 is 0 Å². The van der Waals surface area contributed by atoms with E-state index in [0.717, 1.165) is 0 Å².